The molecule has 0 saturated heterocycles. The van der Waals surface area contributed by atoms with E-state index in [-0.39, 0.29) is 11.2 Å². The summed E-state index contributed by atoms with van der Waals surface area (Å²) in [6.07, 6.45) is 4.69. The first-order valence-electron chi connectivity index (χ1n) is 6.31. The van der Waals surface area contributed by atoms with Crippen LogP contribution in [0.25, 0.3) is 11.4 Å². The van der Waals surface area contributed by atoms with Gasteiger partial charge in [0.1, 0.15) is 5.75 Å². The SMILES string of the molecule is CC1(c2nc(-c3ccc(O)cc3)no2)CCCC1. The molecule has 94 valence electrons. The summed E-state index contributed by atoms with van der Waals surface area (Å²) in [5.41, 5.74) is 0.909. The molecule has 1 saturated carbocycles. The molecule has 2 aromatic rings. The summed E-state index contributed by atoms with van der Waals surface area (Å²) in [7, 11) is 0. The molecular formula is C14H16N2O2. The minimum absolute atomic E-state index is 0.0438. The molecule has 0 bridgehead atoms. The van der Waals surface area contributed by atoms with E-state index in [1.807, 2.05) is 0 Å². The lowest BCUT2D eigenvalue weighted by atomic mass is 9.89. The largest absolute Gasteiger partial charge is 0.508 e. The number of rotatable bonds is 2. The number of phenolic OH excluding ortho intramolecular Hbond substituents is 1. The van der Waals surface area contributed by atoms with Gasteiger partial charge in [0.25, 0.3) is 0 Å². The molecule has 1 aliphatic carbocycles. The summed E-state index contributed by atoms with van der Waals surface area (Å²) in [4.78, 5) is 4.50. The molecular weight excluding hydrogens is 228 g/mol. The number of nitrogens with zero attached hydrogens (tertiary/aromatic N) is 2. The molecule has 18 heavy (non-hydrogen) atoms. The van der Waals surface area contributed by atoms with Crippen molar-refractivity contribution in [3.63, 3.8) is 0 Å². The van der Waals surface area contributed by atoms with Crippen LogP contribution >= 0.6 is 0 Å². The summed E-state index contributed by atoms with van der Waals surface area (Å²) in [6, 6.07) is 6.84. The Labute approximate surface area is 106 Å². The lowest BCUT2D eigenvalue weighted by Gasteiger charge is -2.16. The van der Waals surface area contributed by atoms with Crippen molar-refractivity contribution in [3.8, 4) is 17.1 Å². The van der Waals surface area contributed by atoms with Crippen LogP contribution in [0.15, 0.2) is 28.8 Å². The minimum Gasteiger partial charge on any atom is -0.508 e. The molecule has 0 unspecified atom stereocenters. The molecule has 1 aliphatic rings. The zero-order chi connectivity index (χ0) is 12.6. The number of aromatic hydroxyl groups is 1. The quantitative estimate of drug-likeness (QED) is 0.880. The third kappa shape index (κ3) is 1.88. The van der Waals surface area contributed by atoms with Gasteiger partial charge in [-0.1, -0.05) is 24.9 Å². The lowest BCUT2D eigenvalue weighted by Crippen LogP contribution is -2.17. The van der Waals surface area contributed by atoms with Crippen molar-refractivity contribution < 1.29 is 9.63 Å². The van der Waals surface area contributed by atoms with Gasteiger partial charge in [0, 0.05) is 11.0 Å². The third-order valence-electron chi connectivity index (χ3n) is 3.77. The number of phenols is 1. The molecule has 0 atom stereocenters. The molecule has 3 rings (SSSR count). The van der Waals surface area contributed by atoms with Crippen LogP contribution in [0.4, 0.5) is 0 Å². The van der Waals surface area contributed by atoms with E-state index in [0.717, 1.165) is 24.3 Å². The first-order chi connectivity index (χ1) is 8.67. The second-order valence-electron chi connectivity index (χ2n) is 5.24. The highest BCUT2D eigenvalue weighted by molar-refractivity contribution is 5.55. The highest BCUT2D eigenvalue weighted by Gasteiger charge is 2.36. The van der Waals surface area contributed by atoms with Crippen LogP contribution in [0.2, 0.25) is 0 Å². The van der Waals surface area contributed by atoms with Gasteiger partial charge in [-0.3, -0.25) is 0 Å². The Kier molecular flexibility index (Phi) is 2.58. The fraction of sp³-hybridized carbons (Fsp3) is 0.429. The Bertz CT molecular complexity index is 539. The van der Waals surface area contributed by atoms with E-state index in [0.29, 0.717) is 5.82 Å². The van der Waals surface area contributed by atoms with Gasteiger partial charge in [-0.05, 0) is 37.1 Å². The Hall–Kier alpha value is -1.84. The van der Waals surface area contributed by atoms with Gasteiger partial charge in [-0.25, -0.2) is 0 Å². The molecule has 1 fully saturated rings. The zero-order valence-corrected chi connectivity index (χ0v) is 10.4. The van der Waals surface area contributed by atoms with Crippen molar-refractivity contribution in [2.45, 2.75) is 38.0 Å². The van der Waals surface area contributed by atoms with E-state index in [1.54, 1.807) is 24.3 Å². The average molecular weight is 244 g/mol. The van der Waals surface area contributed by atoms with Gasteiger partial charge < -0.3 is 9.63 Å². The van der Waals surface area contributed by atoms with Crippen molar-refractivity contribution in [2.24, 2.45) is 0 Å². The predicted molar refractivity (Wildman–Crippen MR) is 67.2 cm³/mol. The van der Waals surface area contributed by atoms with Gasteiger partial charge in [0.05, 0.1) is 0 Å². The van der Waals surface area contributed by atoms with Gasteiger partial charge in [-0.15, -0.1) is 0 Å². The molecule has 1 heterocycles. The number of aromatic nitrogens is 2. The second kappa shape index (κ2) is 4.12. The Morgan fingerprint density at radius 3 is 2.50 bits per heavy atom. The third-order valence-corrected chi connectivity index (χ3v) is 3.77. The summed E-state index contributed by atoms with van der Waals surface area (Å²) in [5.74, 6) is 1.58. The molecule has 4 heteroatoms. The second-order valence-corrected chi connectivity index (χ2v) is 5.24. The van der Waals surface area contributed by atoms with Crippen LogP contribution in [0.1, 0.15) is 38.5 Å². The molecule has 1 N–H and O–H groups in total. The van der Waals surface area contributed by atoms with Crippen LogP contribution in [-0.2, 0) is 5.41 Å². The van der Waals surface area contributed by atoms with Crippen LogP contribution in [0, 0.1) is 0 Å². The molecule has 1 aromatic heterocycles. The van der Waals surface area contributed by atoms with Crippen LogP contribution < -0.4 is 0 Å². The maximum Gasteiger partial charge on any atom is 0.232 e. The van der Waals surface area contributed by atoms with Gasteiger partial charge >= 0.3 is 0 Å². The van der Waals surface area contributed by atoms with E-state index in [1.165, 1.54) is 12.8 Å². The highest BCUT2D eigenvalue weighted by atomic mass is 16.5. The molecule has 4 nitrogen and oxygen atoms in total. The van der Waals surface area contributed by atoms with Crippen LogP contribution in [-0.4, -0.2) is 15.2 Å². The van der Waals surface area contributed by atoms with Crippen molar-refractivity contribution >= 4 is 0 Å². The van der Waals surface area contributed by atoms with Crippen molar-refractivity contribution in [2.75, 3.05) is 0 Å². The Morgan fingerprint density at radius 1 is 1.17 bits per heavy atom. The molecule has 0 spiro atoms. The number of hydrogen-bond donors (Lipinski definition) is 1. The highest BCUT2D eigenvalue weighted by Crippen LogP contribution is 2.40. The molecule has 0 radical (unpaired) electrons. The lowest BCUT2D eigenvalue weighted by molar-refractivity contribution is 0.296. The maximum absolute atomic E-state index is 9.26. The fourth-order valence-electron chi connectivity index (χ4n) is 2.57. The van der Waals surface area contributed by atoms with E-state index >= 15 is 0 Å². The zero-order valence-electron chi connectivity index (χ0n) is 10.4. The average Bonchev–Trinajstić information content (AvgIpc) is 2.99. The van der Waals surface area contributed by atoms with Crippen molar-refractivity contribution in [1.29, 1.82) is 0 Å². The summed E-state index contributed by atoms with van der Waals surface area (Å²) in [6.45, 7) is 2.19. The first-order valence-corrected chi connectivity index (χ1v) is 6.31. The number of hydrogen-bond acceptors (Lipinski definition) is 4. The van der Waals surface area contributed by atoms with Gasteiger partial charge in [0.2, 0.25) is 11.7 Å². The number of benzene rings is 1. The van der Waals surface area contributed by atoms with E-state index < -0.39 is 0 Å². The molecule has 1 aromatic carbocycles. The van der Waals surface area contributed by atoms with Gasteiger partial charge in [-0.2, -0.15) is 4.98 Å². The summed E-state index contributed by atoms with van der Waals surface area (Å²) in [5, 5.41) is 13.3. The minimum atomic E-state index is 0.0438. The Morgan fingerprint density at radius 2 is 1.83 bits per heavy atom. The molecule has 0 aliphatic heterocycles. The summed E-state index contributed by atoms with van der Waals surface area (Å²) >= 11 is 0. The smallest absolute Gasteiger partial charge is 0.232 e. The van der Waals surface area contributed by atoms with Crippen LogP contribution in [0.3, 0.4) is 0 Å². The Balaban J connectivity index is 1.91. The summed E-state index contributed by atoms with van der Waals surface area (Å²) < 4.78 is 5.41. The van der Waals surface area contributed by atoms with Crippen molar-refractivity contribution in [1.82, 2.24) is 10.1 Å². The predicted octanol–water partition coefficient (Wildman–Crippen LogP) is 3.27. The van der Waals surface area contributed by atoms with E-state index in [2.05, 4.69) is 17.1 Å². The monoisotopic (exact) mass is 244 g/mol. The first kappa shape index (κ1) is 11.3. The van der Waals surface area contributed by atoms with Crippen molar-refractivity contribution in [3.05, 3.63) is 30.2 Å². The standard InChI is InChI=1S/C14H16N2O2/c1-14(8-2-3-9-14)13-15-12(16-18-13)10-4-6-11(17)7-5-10/h4-7,17H,2-3,8-9H2,1H3. The maximum atomic E-state index is 9.26. The van der Waals surface area contributed by atoms with E-state index in [4.69, 9.17) is 4.52 Å². The van der Waals surface area contributed by atoms with Gasteiger partial charge in [0.15, 0.2) is 0 Å². The molecule has 0 amide bonds. The van der Waals surface area contributed by atoms with Crippen LogP contribution in [0.5, 0.6) is 5.75 Å². The van der Waals surface area contributed by atoms with E-state index in [9.17, 15) is 5.11 Å². The normalized spacial score (nSPS) is 18.1. The topological polar surface area (TPSA) is 59.2 Å². The fourth-order valence-corrected chi connectivity index (χ4v) is 2.57.